The van der Waals surface area contributed by atoms with Gasteiger partial charge < -0.3 is 16.0 Å². The molecule has 0 aromatic heterocycles. The third-order valence-corrected chi connectivity index (χ3v) is 4.16. The van der Waals surface area contributed by atoms with Crippen LogP contribution in [0.25, 0.3) is 0 Å². The van der Waals surface area contributed by atoms with Crippen LogP contribution in [0.15, 0.2) is 24.3 Å². The number of anilines is 1. The maximum absolute atomic E-state index is 12.1. The summed E-state index contributed by atoms with van der Waals surface area (Å²) < 4.78 is 0. The van der Waals surface area contributed by atoms with Crippen molar-refractivity contribution in [2.24, 2.45) is 0 Å². The average molecular weight is 378 g/mol. The van der Waals surface area contributed by atoms with Crippen LogP contribution in [-0.4, -0.2) is 23.5 Å². The van der Waals surface area contributed by atoms with Gasteiger partial charge in [0.05, 0.1) is 0 Å². The molecule has 1 aromatic rings. The van der Waals surface area contributed by atoms with Crippen molar-refractivity contribution >= 4 is 34.8 Å². The molecule has 0 bridgehead atoms. The highest BCUT2D eigenvalue weighted by Crippen LogP contribution is 2.11. The highest BCUT2D eigenvalue weighted by molar-refractivity contribution is 7.80. The molecule has 0 heterocycles. The van der Waals surface area contributed by atoms with Crippen molar-refractivity contribution in [3.8, 4) is 0 Å². The van der Waals surface area contributed by atoms with Gasteiger partial charge in [-0.3, -0.25) is 9.59 Å². The highest BCUT2D eigenvalue weighted by Gasteiger charge is 2.08. The molecule has 0 unspecified atom stereocenters. The quantitative estimate of drug-likeness (QED) is 0.395. The molecule has 0 saturated carbocycles. The van der Waals surface area contributed by atoms with Crippen molar-refractivity contribution < 1.29 is 9.59 Å². The first-order valence-corrected chi connectivity index (χ1v) is 9.96. The van der Waals surface area contributed by atoms with Crippen molar-refractivity contribution in [1.29, 1.82) is 0 Å². The van der Waals surface area contributed by atoms with Gasteiger partial charge in [0.25, 0.3) is 5.91 Å². The molecule has 26 heavy (non-hydrogen) atoms. The summed E-state index contributed by atoms with van der Waals surface area (Å²) in [5, 5.41) is 8.79. The van der Waals surface area contributed by atoms with Crippen LogP contribution >= 0.6 is 12.2 Å². The van der Waals surface area contributed by atoms with Crippen LogP contribution in [0.3, 0.4) is 0 Å². The Hall–Kier alpha value is -1.95. The molecule has 0 aliphatic heterocycles. The fourth-order valence-corrected chi connectivity index (χ4v) is 2.69. The van der Waals surface area contributed by atoms with E-state index in [1.54, 1.807) is 18.2 Å². The van der Waals surface area contributed by atoms with E-state index in [9.17, 15) is 9.59 Å². The molecule has 0 aliphatic rings. The van der Waals surface area contributed by atoms with Crippen molar-refractivity contribution in [1.82, 2.24) is 10.6 Å². The number of hydrogen-bond donors (Lipinski definition) is 3. The Morgan fingerprint density at radius 1 is 1.00 bits per heavy atom. The number of amides is 2. The van der Waals surface area contributed by atoms with E-state index < -0.39 is 0 Å². The molecule has 0 atom stereocenters. The molecular weight excluding hydrogens is 346 g/mol. The van der Waals surface area contributed by atoms with Gasteiger partial charge in [0.1, 0.15) is 0 Å². The van der Waals surface area contributed by atoms with E-state index >= 15 is 0 Å². The summed E-state index contributed by atoms with van der Waals surface area (Å²) in [5.74, 6) is -0.184. The molecule has 6 heteroatoms. The molecule has 144 valence electrons. The second-order valence-corrected chi connectivity index (χ2v) is 6.77. The summed E-state index contributed by atoms with van der Waals surface area (Å²) in [7, 11) is 0. The van der Waals surface area contributed by atoms with Crippen LogP contribution in [0.4, 0.5) is 5.69 Å². The minimum Gasteiger partial charge on any atom is -0.352 e. The third kappa shape index (κ3) is 9.51. The van der Waals surface area contributed by atoms with Crippen LogP contribution in [0.2, 0.25) is 0 Å². The number of carbonyl (C=O) groups is 2. The van der Waals surface area contributed by atoms with Gasteiger partial charge in [0.2, 0.25) is 5.91 Å². The lowest BCUT2D eigenvalue weighted by Gasteiger charge is -2.11. The van der Waals surface area contributed by atoms with E-state index in [0.717, 1.165) is 25.7 Å². The van der Waals surface area contributed by atoms with Gasteiger partial charge in [-0.1, -0.05) is 52.0 Å². The Morgan fingerprint density at radius 2 is 1.73 bits per heavy atom. The predicted molar refractivity (Wildman–Crippen MR) is 111 cm³/mol. The van der Waals surface area contributed by atoms with Crippen molar-refractivity contribution in [3.05, 3.63) is 29.8 Å². The summed E-state index contributed by atoms with van der Waals surface area (Å²) >= 11 is 5.18. The summed E-state index contributed by atoms with van der Waals surface area (Å²) in [6.45, 7) is 4.91. The lowest BCUT2D eigenvalue weighted by molar-refractivity contribution is -0.119. The fourth-order valence-electron chi connectivity index (χ4n) is 2.46. The van der Waals surface area contributed by atoms with Crippen molar-refractivity contribution in [3.63, 3.8) is 0 Å². The number of hydrogen-bond acceptors (Lipinski definition) is 3. The number of unbranched alkanes of at least 4 members (excludes halogenated alkanes) is 5. The van der Waals surface area contributed by atoms with Crippen LogP contribution in [0, 0.1) is 0 Å². The van der Waals surface area contributed by atoms with Gasteiger partial charge in [-0.2, -0.15) is 0 Å². The van der Waals surface area contributed by atoms with E-state index in [1.165, 1.54) is 19.3 Å². The lowest BCUT2D eigenvalue weighted by atomic mass is 10.1. The van der Waals surface area contributed by atoms with E-state index in [0.29, 0.717) is 24.2 Å². The second-order valence-electron chi connectivity index (χ2n) is 6.36. The molecule has 0 fully saturated rings. The second kappa shape index (κ2) is 13.3. The zero-order valence-corrected chi connectivity index (χ0v) is 16.7. The van der Waals surface area contributed by atoms with Gasteiger partial charge in [0.15, 0.2) is 5.11 Å². The Morgan fingerprint density at radius 3 is 2.46 bits per heavy atom. The first kappa shape index (κ1) is 22.1. The highest BCUT2D eigenvalue weighted by atomic mass is 32.1. The first-order chi connectivity index (χ1) is 12.6. The number of thiocarbonyl (C=S) groups is 1. The molecule has 1 rings (SSSR count). The largest absolute Gasteiger partial charge is 0.352 e. The third-order valence-electron chi connectivity index (χ3n) is 3.96. The minimum atomic E-state index is -0.107. The van der Waals surface area contributed by atoms with Gasteiger partial charge in [0, 0.05) is 24.2 Å². The van der Waals surface area contributed by atoms with E-state index in [2.05, 4.69) is 29.8 Å². The molecule has 0 spiro atoms. The number of carbonyl (C=O) groups excluding carboxylic acids is 2. The van der Waals surface area contributed by atoms with Crippen molar-refractivity contribution in [2.75, 3.05) is 11.9 Å². The summed E-state index contributed by atoms with van der Waals surface area (Å²) in [4.78, 5) is 24.0. The summed E-state index contributed by atoms with van der Waals surface area (Å²) in [6.07, 6.45) is 7.98. The summed E-state index contributed by atoms with van der Waals surface area (Å²) in [5.41, 5.74) is 1.25. The molecule has 1 aromatic carbocycles. The maximum Gasteiger partial charge on any atom is 0.251 e. The van der Waals surface area contributed by atoms with E-state index in [4.69, 9.17) is 12.2 Å². The van der Waals surface area contributed by atoms with E-state index in [1.807, 2.05) is 6.07 Å². The smallest absolute Gasteiger partial charge is 0.251 e. The van der Waals surface area contributed by atoms with Crippen molar-refractivity contribution in [2.45, 2.75) is 65.2 Å². The van der Waals surface area contributed by atoms with E-state index in [-0.39, 0.29) is 16.9 Å². The Balaban J connectivity index is 2.40. The molecule has 0 saturated heterocycles. The van der Waals surface area contributed by atoms with Gasteiger partial charge in [-0.25, -0.2) is 0 Å². The van der Waals surface area contributed by atoms with Gasteiger partial charge >= 0.3 is 0 Å². The van der Waals surface area contributed by atoms with Crippen LogP contribution in [0.1, 0.15) is 75.6 Å². The lowest BCUT2D eigenvalue weighted by Crippen LogP contribution is -2.34. The number of nitrogens with one attached hydrogen (secondary N) is 3. The normalized spacial score (nSPS) is 10.2. The first-order valence-electron chi connectivity index (χ1n) is 9.56. The number of rotatable bonds is 11. The molecule has 5 nitrogen and oxygen atoms in total. The zero-order chi connectivity index (χ0) is 19.2. The van der Waals surface area contributed by atoms with Gasteiger partial charge in [-0.15, -0.1) is 0 Å². The molecule has 2 amide bonds. The number of benzene rings is 1. The zero-order valence-electron chi connectivity index (χ0n) is 15.9. The predicted octanol–water partition coefficient (Wildman–Crippen LogP) is 4.39. The van der Waals surface area contributed by atoms with Crippen LogP contribution < -0.4 is 16.0 Å². The summed E-state index contributed by atoms with van der Waals surface area (Å²) in [6, 6.07) is 7.08. The SMILES string of the molecule is CCCCCCCC(=O)NC(=S)Nc1cccc(C(=O)NCCCC)c1. The monoisotopic (exact) mass is 377 g/mol. The Kier molecular flexibility index (Phi) is 11.3. The molecular formula is C20H31N3O2S. The van der Waals surface area contributed by atoms with Crippen LogP contribution in [-0.2, 0) is 4.79 Å². The average Bonchev–Trinajstić information content (AvgIpc) is 2.61. The fraction of sp³-hybridized carbons (Fsp3) is 0.550. The molecule has 3 N–H and O–H groups in total. The maximum atomic E-state index is 12.1. The topological polar surface area (TPSA) is 70.2 Å². The standard InChI is InChI=1S/C20H31N3O2S/c1-3-5-7-8-9-13-18(24)23-20(26)22-17-12-10-11-16(15-17)19(25)21-14-6-4-2/h10-12,15H,3-9,13-14H2,1-2H3,(H,21,25)(H2,22,23,24,26). The molecule has 0 aliphatic carbocycles. The molecule has 0 radical (unpaired) electrons. The van der Waals surface area contributed by atoms with Crippen LogP contribution in [0.5, 0.6) is 0 Å². The minimum absolute atomic E-state index is 0.0764. The van der Waals surface area contributed by atoms with Gasteiger partial charge in [-0.05, 0) is 43.3 Å². The Bertz CT molecular complexity index is 590. The Labute approximate surface area is 162 Å².